The van der Waals surface area contributed by atoms with Crippen molar-refractivity contribution in [1.82, 2.24) is 36.2 Å². The van der Waals surface area contributed by atoms with Gasteiger partial charge in [0.1, 0.15) is 6.17 Å². The molecule has 5 aliphatic rings. The fourth-order valence-corrected chi connectivity index (χ4v) is 6.40. The molecule has 1 amide bonds. The average Bonchev–Trinajstić information content (AvgIpc) is 3.41. The van der Waals surface area contributed by atoms with Crippen LogP contribution in [0.4, 0.5) is 4.39 Å². The quantitative estimate of drug-likeness (QED) is 0.281. The smallest absolute Gasteiger partial charge is 0.229 e. The highest BCUT2D eigenvalue weighted by molar-refractivity contribution is 6.21. The monoisotopic (exact) mass is 474 g/mol. The Kier molecular flexibility index (Phi) is 7.17. The minimum absolute atomic E-state index is 0.0556. The van der Waals surface area contributed by atoms with Crippen molar-refractivity contribution in [3.63, 3.8) is 0 Å². The standard InChI is InChI=1S/C20H36ClFN8O2/c21-14-8-24-9-15(17(14)29-4-2-28(3-5-29)13-1-6-32-11-13)26-20(31)16-18(23)27-30-10-12(22)7-25-19(16)30/h12-19,24-25,27H,1-11,23H2,(H,26,31). The number of piperidine rings is 1. The molecule has 0 aromatic rings. The zero-order valence-electron chi connectivity index (χ0n) is 18.4. The van der Waals surface area contributed by atoms with E-state index in [9.17, 15) is 9.18 Å². The molecule has 12 heteroatoms. The summed E-state index contributed by atoms with van der Waals surface area (Å²) >= 11 is 6.78. The van der Waals surface area contributed by atoms with E-state index in [1.807, 2.05) is 0 Å². The fourth-order valence-electron chi connectivity index (χ4n) is 5.96. The van der Waals surface area contributed by atoms with E-state index >= 15 is 0 Å². The van der Waals surface area contributed by atoms with Crippen LogP contribution in [-0.2, 0) is 9.53 Å². The minimum atomic E-state index is -0.980. The number of halogens is 2. The molecule has 8 atom stereocenters. The number of alkyl halides is 2. The molecule has 10 nitrogen and oxygen atoms in total. The first kappa shape index (κ1) is 23.1. The molecule has 0 bridgehead atoms. The number of carbonyl (C=O) groups excluding carboxylic acids is 1. The molecule has 0 spiro atoms. The Bertz CT molecular complexity index is 666. The number of ether oxygens (including phenoxy) is 1. The lowest BCUT2D eigenvalue weighted by Crippen LogP contribution is -2.68. The van der Waals surface area contributed by atoms with Crippen LogP contribution in [0.3, 0.4) is 0 Å². The van der Waals surface area contributed by atoms with E-state index in [2.05, 4.69) is 31.2 Å². The van der Waals surface area contributed by atoms with Crippen molar-refractivity contribution < 1.29 is 13.9 Å². The van der Waals surface area contributed by atoms with Gasteiger partial charge in [0.25, 0.3) is 0 Å². The second-order valence-corrected chi connectivity index (χ2v) is 10.2. The Morgan fingerprint density at radius 2 is 1.94 bits per heavy atom. The maximum absolute atomic E-state index is 13.8. The van der Waals surface area contributed by atoms with E-state index in [0.29, 0.717) is 12.6 Å². The van der Waals surface area contributed by atoms with Gasteiger partial charge in [0, 0.05) is 71.0 Å². The van der Waals surface area contributed by atoms with Gasteiger partial charge in [-0.1, -0.05) is 0 Å². The molecule has 0 aromatic heterocycles. The number of carbonyl (C=O) groups is 1. The van der Waals surface area contributed by atoms with Crippen LogP contribution in [0.1, 0.15) is 6.42 Å². The van der Waals surface area contributed by atoms with Crippen LogP contribution in [0.25, 0.3) is 0 Å². The zero-order chi connectivity index (χ0) is 22.2. The topological polar surface area (TPSA) is 110 Å². The SMILES string of the molecule is NC1NN2CC(F)CNC2C1C(=O)NC1CNCC(Cl)C1N1CCN(C2CCOC2)CC1. The lowest BCUT2D eigenvalue weighted by atomic mass is 9.95. The fraction of sp³-hybridized carbons (Fsp3) is 0.950. The zero-order valence-corrected chi connectivity index (χ0v) is 19.1. The summed E-state index contributed by atoms with van der Waals surface area (Å²) in [6.45, 7) is 7.36. The van der Waals surface area contributed by atoms with Gasteiger partial charge in [-0.2, -0.15) is 0 Å². The molecule has 0 radical (unpaired) electrons. The molecule has 0 saturated carbocycles. The first-order valence-electron chi connectivity index (χ1n) is 11.9. The number of rotatable bonds is 4. The first-order valence-corrected chi connectivity index (χ1v) is 12.3. The normalized spacial score (nSPS) is 44.5. The van der Waals surface area contributed by atoms with Crippen LogP contribution >= 0.6 is 11.6 Å². The lowest BCUT2D eigenvalue weighted by Gasteiger charge is -2.47. The number of amides is 1. The molecular formula is C20H36ClFN8O2. The molecule has 5 aliphatic heterocycles. The predicted octanol–water partition coefficient (Wildman–Crippen LogP) is -2.55. The molecule has 32 heavy (non-hydrogen) atoms. The second kappa shape index (κ2) is 9.93. The van der Waals surface area contributed by atoms with Crippen LogP contribution in [0.2, 0.25) is 0 Å². The Morgan fingerprint density at radius 1 is 1.16 bits per heavy atom. The van der Waals surface area contributed by atoms with Crippen molar-refractivity contribution in [2.75, 3.05) is 65.6 Å². The molecule has 5 rings (SSSR count). The number of nitrogens with zero attached hydrogens (tertiary/aromatic N) is 3. The summed E-state index contributed by atoms with van der Waals surface area (Å²) in [4.78, 5) is 18.3. The van der Waals surface area contributed by atoms with E-state index in [1.54, 1.807) is 5.01 Å². The molecule has 182 valence electrons. The van der Waals surface area contributed by atoms with E-state index in [0.717, 1.165) is 52.4 Å². The minimum Gasteiger partial charge on any atom is -0.380 e. The molecule has 0 aromatic carbocycles. The molecule has 8 unspecified atom stereocenters. The van der Waals surface area contributed by atoms with Gasteiger partial charge in [-0.05, 0) is 6.42 Å². The predicted molar refractivity (Wildman–Crippen MR) is 119 cm³/mol. The van der Waals surface area contributed by atoms with Crippen molar-refractivity contribution in [3.8, 4) is 0 Å². The third-order valence-corrected chi connectivity index (χ3v) is 8.04. The van der Waals surface area contributed by atoms with Crippen molar-refractivity contribution >= 4 is 17.5 Å². The van der Waals surface area contributed by atoms with Gasteiger partial charge in [0.2, 0.25) is 5.91 Å². The lowest BCUT2D eigenvalue weighted by molar-refractivity contribution is -0.128. The van der Waals surface area contributed by atoms with Crippen LogP contribution < -0.4 is 27.1 Å². The number of piperazine rings is 1. The summed E-state index contributed by atoms with van der Waals surface area (Å²) in [6, 6.07) is 0.470. The largest absolute Gasteiger partial charge is 0.380 e. The van der Waals surface area contributed by atoms with Crippen LogP contribution in [0, 0.1) is 5.92 Å². The number of hydrogen-bond donors (Lipinski definition) is 5. The van der Waals surface area contributed by atoms with Gasteiger partial charge in [-0.15, -0.1) is 11.6 Å². The van der Waals surface area contributed by atoms with E-state index < -0.39 is 18.3 Å². The average molecular weight is 475 g/mol. The Labute approximate surface area is 193 Å². The number of nitrogens with one attached hydrogen (secondary N) is 4. The highest BCUT2D eigenvalue weighted by Gasteiger charge is 2.48. The van der Waals surface area contributed by atoms with Crippen molar-refractivity contribution in [1.29, 1.82) is 0 Å². The summed E-state index contributed by atoms with van der Waals surface area (Å²) in [7, 11) is 0. The van der Waals surface area contributed by atoms with Crippen molar-refractivity contribution in [3.05, 3.63) is 0 Å². The van der Waals surface area contributed by atoms with Gasteiger partial charge >= 0.3 is 0 Å². The van der Waals surface area contributed by atoms with Gasteiger partial charge in [0.05, 0.1) is 36.3 Å². The van der Waals surface area contributed by atoms with Crippen molar-refractivity contribution in [2.24, 2.45) is 11.7 Å². The Balaban J connectivity index is 1.22. The first-order chi connectivity index (χ1) is 15.5. The summed E-state index contributed by atoms with van der Waals surface area (Å²) in [5.74, 6) is -0.621. The van der Waals surface area contributed by atoms with E-state index in [4.69, 9.17) is 22.1 Å². The van der Waals surface area contributed by atoms with Gasteiger partial charge in [-0.25, -0.2) is 14.8 Å². The van der Waals surface area contributed by atoms with E-state index in [-0.39, 0.29) is 42.6 Å². The molecule has 5 heterocycles. The number of fused-ring (bicyclic) bond motifs is 1. The number of hydrazine groups is 1. The molecule has 5 fully saturated rings. The third kappa shape index (κ3) is 4.64. The molecule has 6 N–H and O–H groups in total. The number of hydrogen-bond acceptors (Lipinski definition) is 9. The number of nitrogens with two attached hydrogens (primary N) is 1. The van der Waals surface area contributed by atoms with Gasteiger partial charge < -0.3 is 21.1 Å². The Morgan fingerprint density at radius 3 is 2.69 bits per heavy atom. The highest BCUT2D eigenvalue weighted by Crippen LogP contribution is 2.25. The Hall–Kier alpha value is -0.630. The molecule has 5 saturated heterocycles. The van der Waals surface area contributed by atoms with Crippen molar-refractivity contribution in [2.45, 2.75) is 48.4 Å². The molecule has 0 aliphatic carbocycles. The van der Waals surface area contributed by atoms with Crippen LogP contribution in [0.5, 0.6) is 0 Å². The maximum Gasteiger partial charge on any atom is 0.229 e. The summed E-state index contributed by atoms with van der Waals surface area (Å²) in [6.07, 6.45) is -0.742. The second-order valence-electron chi connectivity index (χ2n) is 9.65. The van der Waals surface area contributed by atoms with E-state index in [1.165, 1.54) is 0 Å². The molecular weight excluding hydrogens is 439 g/mol. The summed E-state index contributed by atoms with van der Waals surface area (Å²) < 4.78 is 19.3. The summed E-state index contributed by atoms with van der Waals surface area (Å²) in [5, 5.41) is 11.3. The maximum atomic E-state index is 13.8. The van der Waals surface area contributed by atoms with Crippen LogP contribution in [0.15, 0.2) is 0 Å². The summed E-state index contributed by atoms with van der Waals surface area (Å²) in [5.41, 5.74) is 9.28. The highest BCUT2D eigenvalue weighted by atomic mass is 35.5. The van der Waals surface area contributed by atoms with Gasteiger partial charge in [-0.3, -0.25) is 19.9 Å². The van der Waals surface area contributed by atoms with Gasteiger partial charge in [0.15, 0.2) is 0 Å². The third-order valence-electron chi connectivity index (χ3n) is 7.63. The van der Waals surface area contributed by atoms with Crippen LogP contribution in [-0.4, -0.2) is 128 Å².